The Kier molecular flexibility index (Phi) is 6.38. The van der Waals surface area contributed by atoms with Gasteiger partial charge in [0.05, 0.1) is 6.61 Å². The van der Waals surface area contributed by atoms with Crippen molar-refractivity contribution >= 4 is 29.4 Å². The molecule has 1 aliphatic heterocycles. The van der Waals surface area contributed by atoms with Gasteiger partial charge in [0.2, 0.25) is 5.91 Å². The van der Waals surface area contributed by atoms with Crippen LogP contribution in [0.15, 0.2) is 18.2 Å². The van der Waals surface area contributed by atoms with E-state index in [1.54, 1.807) is 17.9 Å². The number of hydrogen-bond acceptors (Lipinski definition) is 4. The topological polar surface area (TPSA) is 99.8 Å². The van der Waals surface area contributed by atoms with Gasteiger partial charge in [0, 0.05) is 36.4 Å². The van der Waals surface area contributed by atoms with Crippen molar-refractivity contribution in [1.82, 2.24) is 10.2 Å². The van der Waals surface area contributed by atoms with E-state index in [0.717, 1.165) is 18.4 Å². The quantitative estimate of drug-likeness (QED) is 0.722. The SMILES string of the molecule is CCOC(=O)N1CCC(NC(=O)Nc2cc(NC(=O)C3CC3)ccc2C)CC1. The van der Waals surface area contributed by atoms with Crippen molar-refractivity contribution in [3.05, 3.63) is 23.8 Å². The molecule has 0 atom stereocenters. The minimum atomic E-state index is -0.300. The van der Waals surface area contributed by atoms with E-state index < -0.39 is 0 Å². The summed E-state index contributed by atoms with van der Waals surface area (Å²) >= 11 is 0. The van der Waals surface area contributed by atoms with Crippen LogP contribution in [-0.2, 0) is 9.53 Å². The Morgan fingerprint density at radius 3 is 2.46 bits per heavy atom. The molecule has 0 spiro atoms. The number of amides is 4. The molecular formula is C20H28N4O4. The molecule has 0 bridgehead atoms. The summed E-state index contributed by atoms with van der Waals surface area (Å²) in [7, 11) is 0. The second-order valence-corrected chi connectivity index (χ2v) is 7.35. The second-order valence-electron chi connectivity index (χ2n) is 7.35. The standard InChI is InChI=1S/C20H28N4O4/c1-3-28-20(27)24-10-8-15(9-11-24)22-19(26)23-17-12-16(7-4-13(17)2)21-18(25)14-5-6-14/h4,7,12,14-15H,3,5-6,8-11H2,1-2H3,(H,21,25)(H2,22,23,26). The molecular weight excluding hydrogens is 360 g/mol. The largest absolute Gasteiger partial charge is 0.450 e. The first-order chi connectivity index (χ1) is 13.5. The molecule has 3 N–H and O–H groups in total. The van der Waals surface area contributed by atoms with Gasteiger partial charge in [-0.1, -0.05) is 6.07 Å². The van der Waals surface area contributed by atoms with Crippen molar-refractivity contribution in [2.75, 3.05) is 30.3 Å². The average molecular weight is 388 g/mol. The molecule has 152 valence electrons. The lowest BCUT2D eigenvalue weighted by molar-refractivity contribution is -0.117. The van der Waals surface area contributed by atoms with E-state index in [1.165, 1.54) is 0 Å². The molecule has 2 aliphatic rings. The molecule has 0 aromatic heterocycles. The number of carbonyl (C=O) groups excluding carboxylic acids is 3. The second kappa shape index (κ2) is 8.95. The molecule has 1 heterocycles. The first-order valence-corrected chi connectivity index (χ1v) is 9.87. The van der Waals surface area contributed by atoms with Crippen molar-refractivity contribution in [3.8, 4) is 0 Å². The van der Waals surface area contributed by atoms with Crippen LogP contribution in [0.2, 0.25) is 0 Å². The fraction of sp³-hybridized carbons (Fsp3) is 0.550. The zero-order valence-corrected chi connectivity index (χ0v) is 16.4. The highest BCUT2D eigenvalue weighted by molar-refractivity contribution is 5.96. The van der Waals surface area contributed by atoms with Crippen LogP contribution in [0, 0.1) is 12.8 Å². The molecule has 8 heteroatoms. The number of anilines is 2. The summed E-state index contributed by atoms with van der Waals surface area (Å²) < 4.78 is 5.00. The maximum Gasteiger partial charge on any atom is 0.409 e. The van der Waals surface area contributed by atoms with Gasteiger partial charge >= 0.3 is 12.1 Å². The van der Waals surface area contributed by atoms with Gasteiger partial charge in [0.15, 0.2) is 0 Å². The number of nitrogens with zero attached hydrogens (tertiary/aromatic N) is 1. The lowest BCUT2D eigenvalue weighted by Gasteiger charge is -2.31. The molecule has 0 unspecified atom stereocenters. The lowest BCUT2D eigenvalue weighted by Crippen LogP contribution is -2.47. The van der Waals surface area contributed by atoms with Gasteiger partial charge < -0.3 is 25.6 Å². The first kappa shape index (κ1) is 20.0. The molecule has 28 heavy (non-hydrogen) atoms. The fourth-order valence-corrected chi connectivity index (χ4v) is 3.19. The molecule has 8 nitrogen and oxygen atoms in total. The third kappa shape index (κ3) is 5.37. The summed E-state index contributed by atoms with van der Waals surface area (Å²) in [4.78, 5) is 37.7. The fourth-order valence-electron chi connectivity index (χ4n) is 3.19. The van der Waals surface area contributed by atoms with Gasteiger partial charge in [0.25, 0.3) is 0 Å². The molecule has 3 rings (SSSR count). The van der Waals surface area contributed by atoms with Crippen LogP contribution in [0.4, 0.5) is 21.0 Å². The molecule has 1 saturated carbocycles. The lowest BCUT2D eigenvalue weighted by atomic mass is 10.1. The number of urea groups is 1. The average Bonchev–Trinajstić information content (AvgIpc) is 3.50. The summed E-state index contributed by atoms with van der Waals surface area (Å²) in [5.41, 5.74) is 2.26. The highest BCUT2D eigenvalue weighted by Gasteiger charge is 2.29. The third-order valence-electron chi connectivity index (χ3n) is 5.06. The Bertz CT molecular complexity index is 740. The Hall–Kier alpha value is -2.77. The van der Waals surface area contributed by atoms with Crippen molar-refractivity contribution in [2.45, 2.75) is 45.6 Å². The van der Waals surface area contributed by atoms with Gasteiger partial charge in [-0.15, -0.1) is 0 Å². The van der Waals surface area contributed by atoms with E-state index in [0.29, 0.717) is 43.9 Å². The zero-order chi connectivity index (χ0) is 20.1. The summed E-state index contributed by atoms with van der Waals surface area (Å²) in [6.07, 6.45) is 2.96. The normalized spacial score (nSPS) is 17.0. The van der Waals surface area contributed by atoms with Crippen LogP contribution in [0.5, 0.6) is 0 Å². The minimum absolute atomic E-state index is 0.00346. The van der Waals surface area contributed by atoms with Crippen LogP contribution in [0.1, 0.15) is 38.2 Å². The van der Waals surface area contributed by atoms with E-state index in [-0.39, 0.29) is 30.0 Å². The van der Waals surface area contributed by atoms with Crippen LogP contribution in [0.3, 0.4) is 0 Å². The number of benzene rings is 1. The summed E-state index contributed by atoms with van der Waals surface area (Å²) in [6.45, 7) is 5.17. The summed E-state index contributed by atoms with van der Waals surface area (Å²) in [5, 5.41) is 8.71. The summed E-state index contributed by atoms with van der Waals surface area (Å²) in [6, 6.07) is 5.20. The number of nitrogens with one attached hydrogen (secondary N) is 3. The number of likely N-dealkylation sites (tertiary alicyclic amines) is 1. The molecule has 4 amide bonds. The number of piperidine rings is 1. The summed E-state index contributed by atoms with van der Waals surface area (Å²) in [5.74, 6) is 0.161. The Morgan fingerprint density at radius 2 is 1.82 bits per heavy atom. The molecule has 1 aliphatic carbocycles. The Morgan fingerprint density at radius 1 is 1.11 bits per heavy atom. The van der Waals surface area contributed by atoms with E-state index in [4.69, 9.17) is 4.74 Å². The number of ether oxygens (including phenoxy) is 1. The number of aryl methyl sites for hydroxylation is 1. The molecule has 1 saturated heterocycles. The smallest absolute Gasteiger partial charge is 0.409 e. The van der Waals surface area contributed by atoms with E-state index in [9.17, 15) is 14.4 Å². The van der Waals surface area contributed by atoms with Crippen LogP contribution < -0.4 is 16.0 Å². The zero-order valence-electron chi connectivity index (χ0n) is 16.4. The van der Waals surface area contributed by atoms with Gasteiger partial charge in [0.1, 0.15) is 0 Å². The first-order valence-electron chi connectivity index (χ1n) is 9.87. The van der Waals surface area contributed by atoms with Crippen molar-refractivity contribution in [1.29, 1.82) is 0 Å². The number of carbonyl (C=O) groups is 3. The van der Waals surface area contributed by atoms with Gasteiger partial charge in [-0.2, -0.15) is 0 Å². The monoisotopic (exact) mass is 388 g/mol. The predicted octanol–water partition coefficient (Wildman–Crippen LogP) is 3.09. The molecule has 0 radical (unpaired) electrons. The number of rotatable bonds is 5. The molecule has 1 aromatic carbocycles. The van der Waals surface area contributed by atoms with Gasteiger partial charge in [-0.05, 0) is 57.2 Å². The Labute approximate surface area is 165 Å². The predicted molar refractivity (Wildman–Crippen MR) is 106 cm³/mol. The van der Waals surface area contributed by atoms with Crippen molar-refractivity contribution in [3.63, 3.8) is 0 Å². The van der Waals surface area contributed by atoms with Gasteiger partial charge in [-0.3, -0.25) is 4.79 Å². The van der Waals surface area contributed by atoms with Crippen LogP contribution in [0.25, 0.3) is 0 Å². The van der Waals surface area contributed by atoms with Crippen molar-refractivity contribution < 1.29 is 19.1 Å². The highest BCUT2D eigenvalue weighted by Crippen LogP contribution is 2.30. The number of hydrogen-bond donors (Lipinski definition) is 3. The Balaban J connectivity index is 1.49. The van der Waals surface area contributed by atoms with Crippen LogP contribution in [-0.4, -0.2) is 48.7 Å². The van der Waals surface area contributed by atoms with E-state index >= 15 is 0 Å². The van der Waals surface area contributed by atoms with Crippen molar-refractivity contribution in [2.24, 2.45) is 5.92 Å². The minimum Gasteiger partial charge on any atom is -0.450 e. The third-order valence-corrected chi connectivity index (χ3v) is 5.06. The van der Waals surface area contributed by atoms with E-state index in [1.807, 2.05) is 19.1 Å². The van der Waals surface area contributed by atoms with Crippen LogP contribution >= 0.6 is 0 Å². The maximum absolute atomic E-state index is 12.4. The molecule has 1 aromatic rings. The highest BCUT2D eigenvalue weighted by atomic mass is 16.6. The van der Waals surface area contributed by atoms with E-state index in [2.05, 4.69) is 16.0 Å². The molecule has 2 fully saturated rings. The van der Waals surface area contributed by atoms with Gasteiger partial charge in [-0.25, -0.2) is 9.59 Å². The maximum atomic E-state index is 12.4.